The van der Waals surface area contributed by atoms with Crippen molar-refractivity contribution in [1.82, 2.24) is 4.90 Å². The molecule has 146 valence electrons. The first-order valence-electron chi connectivity index (χ1n) is 9.43. The number of hydrogen-bond donors (Lipinski definition) is 0. The first kappa shape index (κ1) is 19.7. The summed E-state index contributed by atoms with van der Waals surface area (Å²) in [5.41, 5.74) is 4.28. The summed E-state index contributed by atoms with van der Waals surface area (Å²) in [6.07, 6.45) is 0.927. The van der Waals surface area contributed by atoms with Crippen LogP contribution in [0.1, 0.15) is 34.3 Å². The molecule has 0 aliphatic carbocycles. The van der Waals surface area contributed by atoms with Crippen LogP contribution in [0.3, 0.4) is 0 Å². The number of halogens is 2. The second-order valence-corrected chi connectivity index (χ2v) is 8.00. The molecular formula is C24H20Cl2N2O. The molecular weight excluding hydrogens is 403 g/mol. The Kier molecular flexibility index (Phi) is 5.70. The van der Waals surface area contributed by atoms with Crippen molar-refractivity contribution >= 4 is 35.3 Å². The van der Waals surface area contributed by atoms with Crippen molar-refractivity contribution in [1.29, 1.82) is 0 Å². The lowest BCUT2D eigenvalue weighted by molar-refractivity contribution is -0.108. The van der Waals surface area contributed by atoms with Crippen LogP contribution in [0.25, 0.3) is 0 Å². The Morgan fingerprint density at radius 3 is 1.97 bits per heavy atom. The number of benzene rings is 3. The summed E-state index contributed by atoms with van der Waals surface area (Å²) < 4.78 is 0. The van der Waals surface area contributed by atoms with Gasteiger partial charge in [-0.25, -0.2) is 0 Å². The van der Waals surface area contributed by atoms with Crippen LogP contribution in [-0.2, 0) is 4.79 Å². The molecule has 2 atom stereocenters. The van der Waals surface area contributed by atoms with Crippen LogP contribution in [0.5, 0.6) is 0 Å². The zero-order valence-electron chi connectivity index (χ0n) is 15.9. The van der Waals surface area contributed by atoms with Crippen LogP contribution in [0.2, 0.25) is 10.0 Å². The molecule has 0 amide bonds. The van der Waals surface area contributed by atoms with Gasteiger partial charge in [0.25, 0.3) is 0 Å². The highest BCUT2D eigenvalue weighted by atomic mass is 35.5. The Morgan fingerprint density at radius 1 is 0.862 bits per heavy atom. The van der Waals surface area contributed by atoms with Crippen LogP contribution < -0.4 is 0 Å². The molecule has 4 rings (SSSR count). The van der Waals surface area contributed by atoms with E-state index in [1.165, 1.54) is 5.56 Å². The molecule has 5 heteroatoms. The minimum Gasteiger partial charge on any atom is -0.340 e. The van der Waals surface area contributed by atoms with E-state index in [9.17, 15) is 4.79 Å². The summed E-state index contributed by atoms with van der Waals surface area (Å²) in [5, 5.41) is 1.36. The van der Waals surface area contributed by atoms with Crippen LogP contribution >= 0.6 is 23.2 Å². The Bertz CT molecular complexity index is 1030. The zero-order valence-corrected chi connectivity index (χ0v) is 17.4. The maximum absolute atomic E-state index is 11.6. The van der Waals surface area contributed by atoms with E-state index >= 15 is 0 Å². The number of amidine groups is 1. The summed E-state index contributed by atoms with van der Waals surface area (Å²) >= 11 is 12.2. The molecule has 1 heterocycles. The number of carbonyl (C=O) groups excluding carboxylic acids is 1. The van der Waals surface area contributed by atoms with Gasteiger partial charge < -0.3 is 9.69 Å². The van der Waals surface area contributed by atoms with E-state index in [2.05, 4.69) is 36.1 Å². The molecule has 3 nitrogen and oxygen atoms in total. The molecule has 0 radical (unpaired) electrons. The Morgan fingerprint density at radius 2 is 1.41 bits per heavy atom. The molecule has 0 saturated heterocycles. The molecule has 29 heavy (non-hydrogen) atoms. The highest BCUT2D eigenvalue weighted by molar-refractivity contribution is 6.30. The number of nitrogens with zero attached hydrogens (tertiary/aromatic N) is 2. The van der Waals surface area contributed by atoms with Crippen LogP contribution in [0, 0.1) is 6.92 Å². The van der Waals surface area contributed by atoms with E-state index in [4.69, 9.17) is 28.2 Å². The molecule has 1 aliphatic heterocycles. The molecule has 0 spiro atoms. The van der Waals surface area contributed by atoms with Gasteiger partial charge in [0, 0.05) is 15.6 Å². The minimum absolute atomic E-state index is 0.116. The third-order valence-electron chi connectivity index (χ3n) is 5.17. The van der Waals surface area contributed by atoms with E-state index < -0.39 is 0 Å². The fraction of sp³-hybridized carbons (Fsp3) is 0.167. The lowest BCUT2D eigenvalue weighted by Gasteiger charge is -2.29. The quantitative estimate of drug-likeness (QED) is 0.469. The summed E-state index contributed by atoms with van der Waals surface area (Å²) in [5.74, 6) is 0.817. The Balaban J connectivity index is 1.84. The van der Waals surface area contributed by atoms with Crippen molar-refractivity contribution in [3.8, 4) is 0 Å². The van der Waals surface area contributed by atoms with Gasteiger partial charge in [0.2, 0.25) is 0 Å². The van der Waals surface area contributed by atoms with E-state index in [1.54, 1.807) is 0 Å². The van der Waals surface area contributed by atoms with Crippen molar-refractivity contribution < 1.29 is 4.79 Å². The van der Waals surface area contributed by atoms with E-state index in [0.29, 0.717) is 10.0 Å². The summed E-state index contributed by atoms with van der Waals surface area (Å²) in [4.78, 5) is 18.7. The monoisotopic (exact) mass is 422 g/mol. The normalized spacial score (nSPS) is 18.6. The van der Waals surface area contributed by atoms with Crippen LogP contribution in [0.4, 0.5) is 0 Å². The smallest absolute Gasteiger partial charge is 0.139 e. The van der Waals surface area contributed by atoms with Crippen molar-refractivity contribution in [2.75, 3.05) is 6.54 Å². The SMILES string of the molecule is Cc1ccc(C2=NC(c3ccc(Cl)cc3)C(c3ccc(Cl)cc3)N2CC=O)cc1. The van der Waals surface area contributed by atoms with Gasteiger partial charge in [0.15, 0.2) is 0 Å². The van der Waals surface area contributed by atoms with Crippen molar-refractivity contribution in [2.45, 2.75) is 19.0 Å². The van der Waals surface area contributed by atoms with Gasteiger partial charge >= 0.3 is 0 Å². The molecule has 0 aromatic heterocycles. The summed E-state index contributed by atoms with van der Waals surface area (Å²) in [7, 11) is 0. The number of aldehydes is 1. The molecule has 2 unspecified atom stereocenters. The molecule has 0 N–H and O–H groups in total. The van der Waals surface area contributed by atoms with Gasteiger partial charge in [-0.2, -0.15) is 0 Å². The van der Waals surface area contributed by atoms with Crippen molar-refractivity contribution in [2.24, 2.45) is 4.99 Å². The summed E-state index contributed by atoms with van der Waals surface area (Å²) in [6.45, 7) is 2.31. The fourth-order valence-electron chi connectivity index (χ4n) is 3.74. The molecule has 0 fully saturated rings. The standard InChI is InChI=1S/C24H20Cl2N2O/c1-16-2-4-19(5-3-16)24-27-22(17-6-10-20(25)11-7-17)23(28(24)14-15-29)18-8-12-21(26)13-9-18/h2-13,15,22-23H,14H2,1H3. The first-order valence-corrected chi connectivity index (χ1v) is 10.2. The van der Waals surface area contributed by atoms with Gasteiger partial charge in [-0.3, -0.25) is 4.99 Å². The number of rotatable bonds is 5. The lowest BCUT2D eigenvalue weighted by atomic mass is 9.93. The topological polar surface area (TPSA) is 32.7 Å². The Labute approximate surface area is 180 Å². The molecule has 3 aromatic rings. The highest BCUT2D eigenvalue weighted by Gasteiger charge is 2.38. The van der Waals surface area contributed by atoms with Gasteiger partial charge in [-0.05, 0) is 42.3 Å². The molecule has 3 aromatic carbocycles. The minimum atomic E-state index is -0.162. The predicted octanol–water partition coefficient (Wildman–Crippen LogP) is 6.05. The van der Waals surface area contributed by atoms with Crippen LogP contribution in [0.15, 0.2) is 77.8 Å². The zero-order chi connectivity index (χ0) is 20.4. The van der Waals surface area contributed by atoms with Crippen molar-refractivity contribution in [3.05, 3.63) is 105 Å². The van der Waals surface area contributed by atoms with E-state index in [-0.39, 0.29) is 18.6 Å². The average Bonchev–Trinajstić information content (AvgIpc) is 3.09. The summed E-state index contributed by atoms with van der Waals surface area (Å²) in [6, 6.07) is 23.4. The maximum Gasteiger partial charge on any atom is 0.139 e. The fourth-order valence-corrected chi connectivity index (χ4v) is 3.99. The molecule has 0 bridgehead atoms. The van der Waals surface area contributed by atoms with E-state index in [0.717, 1.165) is 28.8 Å². The highest BCUT2D eigenvalue weighted by Crippen LogP contribution is 2.43. The second-order valence-electron chi connectivity index (χ2n) is 7.13. The number of hydrogen-bond acceptors (Lipinski definition) is 3. The predicted molar refractivity (Wildman–Crippen MR) is 119 cm³/mol. The molecule has 1 aliphatic rings. The van der Waals surface area contributed by atoms with Gasteiger partial charge in [-0.1, -0.05) is 77.3 Å². The van der Waals surface area contributed by atoms with Gasteiger partial charge in [-0.15, -0.1) is 0 Å². The lowest BCUT2D eigenvalue weighted by Crippen LogP contribution is -2.33. The maximum atomic E-state index is 11.6. The van der Waals surface area contributed by atoms with E-state index in [1.807, 2.05) is 48.5 Å². The number of aryl methyl sites for hydroxylation is 1. The van der Waals surface area contributed by atoms with Crippen molar-refractivity contribution in [3.63, 3.8) is 0 Å². The van der Waals surface area contributed by atoms with Gasteiger partial charge in [0.1, 0.15) is 18.2 Å². The Hall–Kier alpha value is -2.62. The number of aliphatic imine (C=N–C) groups is 1. The molecule has 0 saturated carbocycles. The second kappa shape index (κ2) is 8.40. The van der Waals surface area contributed by atoms with Crippen LogP contribution in [-0.4, -0.2) is 23.6 Å². The third-order valence-corrected chi connectivity index (χ3v) is 5.68. The number of carbonyl (C=O) groups is 1. The van der Waals surface area contributed by atoms with Gasteiger partial charge in [0.05, 0.1) is 12.6 Å². The largest absolute Gasteiger partial charge is 0.340 e. The first-order chi connectivity index (χ1) is 14.1. The third kappa shape index (κ3) is 4.07. The average molecular weight is 423 g/mol.